The Morgan fingerprint density at radius 3 is 2.36 bits per heavy atom. The first-order chi connectivity index (χ1) is 11.9. The second kappa shape index (κ2) is 6.93. The van der Waals surface area contributed by atoms with Crippen molar-refractivity contribution in [2.24, 2.45) is 0 Å². The molecule has 1 N–H and O–H groups in total. The summed E-state index contributed by atoms with van der Waals surface area (Å²) in [5, 5.41) is 7.47. The Kier molecular flexibility index (Phi) is 4.70. The van der Waals surface area contributed by atoms with Crippen molar-refractivity contribution in [2.75, 3.05) is 5.32 Å². The normalized spacial score (nSPS) is 10.7. The smallest absolute Gasteiger partial charge is 0.255 e. The molecule has 0 saturated carbocycles. The molecule has 3 aromatic rings. The second-order valence-corrected chi connectivity index (χ2v) is 6.55. The molecule has 0 aliphatic heterocycles. The number of rotatable bonds is 4. The van der Waals surface area contributed by atoms with E-state index in [4.69, 9.17) is 0 Å². The summed E-state index contributed by atoms with van der Waals surface area (Å²) < 4.78 is 1.97. The first-order valence-corrected chi connectivity index (χ1v) is 8.41. The molecule has 0 aliphatic rings. The van der Waals surface area contributed by atoms with Crippen LogP contribution in [0.1, 0.15) is 38.4 Å². The van der Waals surface area contributed by atoms with E-state index >= 15 is 0 Å². The maximum atomic E-state index is 12.5. The molecule has 1 heterocycles. The third-order valence-electron chi connectivity index (χ3n) is 4.29. The highest BCUT2D eigenvalue weighted by molar-refractivity contribution is 6.04. The molecule has 4 heteroatoms. The summed E-state index contributed by atoms with van der Waals surface area (Å²) in [7, 11) is 0. The Morgan fingerprint density at radius 2 is 1.72 bits per heavy atom. The fourth-order valence-electron chi connectivity index (χ4n) is 2.83. The molecule has 128 valence electrons. The van der Waals surface area contributed by atoms with Crippen LogP contribution in [0.25, 0.3) is 0 Å². The van der Waals surface area contributed by atoms with Crippen molar-refractivity contribution in [1.82, 2.24) is 9.78 Å². The van der Waals surface area contributed by atoms with Gasteiger partial charge in [-0.05, 0) is 68.7 Å². The van der Waals surface area contributed by atoms with Gasteiger partial charge in [-0.25, -0.2) is 0 Å². The van der Waals surface area contributed by atoms with Crippen molar-refractivity contribution in [3.63, 3.8) is 0 Å². The topological polar surface area (TPSA) is 46.9 Å². The van der Waals surface area contributed by atoms with Crippen molar-refractivity contribution in [1.29, 1.82) is 0 Å². The molecule has 3 rings (SSSR count). The van der Waals surface area contributed by atoms with Crippen LogP contribution in [0.15, 0.2) is 48.5 Å². The summed E-state index contributed by atoms with van der Waals surface area (Å²) >= 11 is 0. The first-order valence-electron chi connectivity index (χ1n) is 8.41. The summed E-state index contributed by atoms with van der Waals surface area (Å²) in [5.74, 6) is -0.0913. The van der Waals surface area contributed by atoms with Crippen LogP contribution in [0.5, 0.6) is 0 Å². The van der Waals surface area contributed by atoms with Gasteiger partial charge in [-0.3, -0.25) is 9.48 Å². The summed E-state index contributed by atoms with van der Waals surface area (Å²) in [6.07, 6.45) is 0. The number of amides is 1. The van der Waals surface area contributed by atoms with Crippen molar-refractivity contribution >= 4 is 11.6 Å². The molecule has 0 radical (unpaired) electrons. The van der Waals surface area contributed by atoms with Gasteiger partial charge in [0, 0.05) is 16.9 Å². The Balaban J connectivity index is 1.72. The highest BCUT2D eigenvalue weighted by Gasteiger charge is 2.09. The lowest BCUT2D eigenvalue weighted by Gasteiger charge is -2.10. The van der Waals surface area contributed by atoms with Crippen LogP contribution in [-0.4, -0.2) is 15.7 Å². The van der Waals surface area contributed by atoms with Crippen LogP contribution < -0.4 is 5.32 Å². The lowest BCUT2D eigenvalue weighted by molar-refractivity contribution is 0.102. The number of hydrogen-bond donors (Lipinski definition) is 1. The Morgan fingerprint density at radius 1 is 1.00 bits per heavy atom. The average Bonchev–Trinajstić information content (AvgIpc) is 2.89. The van der Waals surface area contributed by atoms with E-state index in [1.165, 1.54) is 0 Å². The number of aryl methyl sites for hydroxylation is 4. The van der Waals surface area contributed by atoms with Gasteiger partial charge in [-0.15, -0.1) is 0 Å². The van der Waals surface area contributed by atoms with Gasteiger partial charge in [-0.2, -0.15) is 5.10 Å². The molecule has 0 saturated heterocycles. The minimum atomic E-state index is -0.0913. The van der Waals surface area contributed by atoms with Crippen molar-refractivity contribution in [2.45, 2.75) is 34.2 Å². The van der Waals surface area contributed by atoms with Gasteiger partial charge in [0.25, 0.3) is 5.91 Å². The van der Waals surface area contributed by atoms with Gasteiger partial charge in [0.05, 0.1) is 12.2 Å². The van der Waals surface area contributed by atoms with Gasteiger partial charge < -0.3 is 5.32 Å². The van der Waals surface area contributed by atoms with Crippen molar-refractivity contribution in [3.8, 4) is 0 Å². The lowest BCUT2D eigenvalue weighted by Crippen LogP contribution is -2.13. The number of hydrogen-bond acceptors (Lipinski definition) is 2. The molecule has 0 unspecified atom stereocenters. The average molecular weight is 333 g/mol. The van der Waals surface area contributed by atoms with E-state index < -0.39 is 0 Å². The number of carbonyl (C=O) groups excluding carboxylic acids is 1. The first kappa shape index (κ1) is 17.0. The highest BCUT2D eigenvalue weighted by atomic mass is 16.1. The van der Waals surface area contributed by atoms with Gasteiger partial charge in [0.2, 0.25) is 0 Å². The molecule has 0 fully saturated rings. The standard InChI is InChI=1S/C21H23N3O/c1-14-5-6-15(2)20(11-14)22-21(25)19-9-7-18(8-10-19)13-24-17(4)12-16(3)23-24/h5-12H,13H2,1-4H3,(H,22,25). The molecule has 2 aromatic carbocycles. The van der Waals surface area contributed by atoms with E-state index in [-0.39, 0.29) is 5.91 Å². The van der Waals surface area contributed by atoms with E-state index in [0.29, 0.717) is 12.1 Å². The Labute approximate surface area is 148 Å². The monoisotopic (exact) mass is 333 g/mol. The number of nitrogens with one attached hydrogen (secondary N) is 1. The minimum absolute atomic E-state index is 0.0913. The third kappa shape index (κ3) is 3.97. The molecule has 25 heavy (non-hydrogen) atoms. The van der Waals surface area contributed by atoms with Crippen LogP contribution in [-0.2, 0) is 6.54 Å². The van der Waals surface area contributed by atoms with E-state index in [9.17, 15) is 4.79 Å². The quantitative estimate of drug-likeness (QED) is 0.768. The molecule has 0 bridgehead atoms. The molecular formula is C21H23N3O. The maximum absolute atomic E-state index is 12.5. The number of aromatic nitrogens is 2. The van der Waals surface area contributed by atoms with Gasteiger partial charge in [0.15, 0.2) is 0 Å². The highest BCUT2D eigenvalue weighted by Crippen LogP contribution is 2.18. The Bertz CT molecular complexity index is 907. The van der Waals surface area contributed by atoms with Crippen LogP contribution >= 0.6 is 0 Å². The van der Waals surface area contributed by atoms with Gasteiger partial charge >= 0.3 is 0 Å². The number of nitrogens with zero attached hydrogens (tertiary/aromatic N) is 2. The summed E-state index contributed by atoms with van der Waals surface area (Å²) in [4.78, 5) is 12.5. The number of benzene rings is 2. The van der Waals surface area contributed by atoms with E-state index in [2.05, 4.69) is 16.5 Å². The fourth-order valence-corrected chi connectivity index (χ4v) is 2.83. The maximum Gasteiger partial charge on any atom is 0.255 e. The SMILES string of the molecule is Cc1ccc(C)c(NC(=O)c2ccc(Cn3nc(C)cc3C)cc2)c1. The number of anilines is 1. The molecule has 4 nitrogen and oxygen atoms in total. The molecule has 1 aromatic heterocycles. The van der Waals surface area contributed by atoms with Crippen molar-refractivity contribution in [3.05, 3.63) is 82.2 Å². The van der Waals surface area contributed by atoms with E-state index in [0.717, 1.165) is 33.8 Å². The van der Waals surface area contributed by atoms with E-state index in [1.54, 1.807) is 0 Å². The fraction of sp³-hybridized carbons (Fsp3) is 0.238. The number of carbonyl (C=O) groups is 1. The zero-order chi connectivity index (χ0) is 18.0. The molecular weight excluding hydrogens is 310 g/mol. The third-order valence-corrected chi connectivity index (χ3v) is 4.29. The lowest BCUT2D eigenvalue weighted by atomic mass is 10.1. The zero-order valence-electron chi connectivity index (χ0n) is 15.1. The van der Waals surface area contributed by atoms with E-state index in [1.807, 2.05) is 74.8 Å². The predicted molar refractivity (Wildman–Crippen MR) is 101 cm³/mol. The molecule has 1 amide bonds. The minimum Gasteiger partial charge on any atom is -0.322 e. The van der Waals surface area contributed by atoms with Crippen LogP contribution in [0, 0.1) is 27.7 Å². The second-order valence-electron chi connectivity index (χ2n) is 6.55. The van der Waals surface area contributed by atoms with Crippen LogP contribution in [0.2, 0.25) is 0 Å². The summed E-state index contributed by atoms with van der Waals surface area (Å²) in [6.45, 7) is 8.75. The summed E-state index contributed by atoms with van der Waals surface area (Å²) in [6, 6.07) is 15.8. The molecule has 0 aliphatic carbocycles. The molecule has 0 spiro atoms. The predicted octanol–water partition coefficient (Wildman–Crippen LogP) is 4.42. The largest absolute Gasteiger partial charge is 0.322 e. The van der Waals surface area contributed by atoms with Gasteiger partial charge in [-0.1, -0.05) is 24.3 Å². The van der Waals surface area contributed by atoms with Crippen LogP contribution in [0.4, 0.5) is 5.69 Å². The summed E-state index contributed by atoms with van der Waals surface area (Å²) in [5.41, 5.74) is 6.96. The molecule has 0 atom stereocenters. The zero-order valence-corrected chi connectivity index (χ0v) is 15.1. The van der Waals surface area contributed by atoms with Gasteiger partial charge in [0.1, 0.15) is 0 Å². The van der Waals surface area contributed by atoms with Crippen LogP contribution in [0.3, 0.4) is 0 Å². The Hall–Kier alpha value is -2.88. The van der Waals surface area contributed by atoms with Crippen molar-refractivity contribution < 1.29 is 4.79 Å².